The second-order valence-corrected chi connectivity index (χ2v) is 9.34. The first-order chi connectivity index (χ1) is 12.5. The Bertz CT molecular complexity index is 627. The molecule has 0 radical (unpaired) electrons. The molecule has 0 atom stereocenters. The van der Waals surface area contributed by atoms with E-state index in [0.29, 0.717) is 11.3 Å². The summed E-state index contributed by atoms with van der Waals surface area (Å²) in [5, 5.41) is 0. The number of likely N-dealkylation sites (tertiary alicyclic amines) is 1. The lowest BCUT2D eigenvalue weighted by molar-refractivity contribution is -0.131. The standard InChI is InChI=1S/C23H34N2O/c1-24(2)23(20-6-4-3-5-7-20)14-12-22(13-15-23)16-17-25(18-22)21(26)11-10-19-8-9-19/h3-7,19H,8-18H2,1-2H3. The minimum Gasteiger partial charge on any atom is -0.342 e. The summed E-state index contributed by atoms with van der Waals surface area (Å²) in [5.74, 6) is 1.28. The molecule has 1 saturated heterocycles. The van der Waals surface area contributed by atoms with E-state index in [0.717, 1.165) is 31.8 Å². The fraction of sp³-hybridized carbons (Fsp3) is 0.696. The third kappa shape index (κ3) is 3.43. The van der Waals surface area contributed by atoms with Crippen molar-refractivity contribution in [3.05, 3.63) is 35.9 Å². The van der Waals surface area contributed by atoms with Gasteiger partial charge < -0.3 is 4.90 Å². The van der Waals surface area contributed by atoms with Gasteiger partial charge in [-0.05, 0) is 69.5 Å². The zero-order valence-corrected chi connectivity index (χ0v) is 16.5. The van der Waals surface area contributed by atoms with Crippen LogP contribution in [-0.4, -0.2) is 42.9 Å². The van der Waals surface area contributed by atoms with Crippen molar-refractivity contribution in [1.29, 1.82) is 0 Å². The number of hydrogen-bond acceptors (Lipinski definition) is 2. The molecule has 0 N–H and O–H groups in total. The van der Waals surface area contributed by atoms with Crippen molar-refractivity contribution in [3.63, 3.8) is 0 Å². The van der Waals surface area contributed by atoms with Crippen molar-refractivity contribution in [2.24, 2.45) is 11.3 Å². The molecule has 0 bridgehead atoms. The van der Waals surface area contributed by atoms with E-state index in [4.69, 9.17) is 0 Å². The largest absolute Gasteiger partial charge is 0.342 e. The lowest BCUT2D eigenvalue weighted by Crippen LogP contribution is -2.47. The Morgan fingerprint density at radius 2 is 1.77 bits per heavy atom. The molecule has 0 aromatic heterocycles. The van der Waals surface area contributed by atoms with Crippen LogP contribution in [-0.2, 0) is 10.3 Å². The Morgan fingerprint density at radius 3 is 2.38 bits per heavy atom. The van der Waals surface area contributed by atoms with E-state index >= 15 is 0 Å². The van der Waals surface area contributed by atoms with Gasteiger partial charge in [-0.15, -0.1) is 0 Å². The molecule has 1 amide bonds. The molecule has 1 aromatic rings. The number of amides is 1. The second kappa shape index (κ2) is 6.99. The van der Waals surface area contributed by atoms with Crippen LogP contribution in [0.1, 0.15) is 63.4 Å². The Balaban J connectivity index is 1.40. The molecule has 3 heteroatoms. The van der Waals surface area contributed by atoms with Gasteiger partial charge in [-0.3, -0.25) is 9.69 Å². The molecule has 0 unspecified atom stereocenters. The van der Waals surface area contributed by atoms with Crippen LogP contribution in [0.25, 0.3) is 0 Å². The van der Waals surface area contributed by atoms with Crippen molar-refractivity contribution in [2.75, 3.05) is 27.2 Å². The molecule has 1 spiro atoms. The number of benzene rings is 1. The van der Waals surface area contributed by atoms with Crippen molar-refractivity contribution in [1.82, 2.24) is 9.80 Å². The molecule has 4 rings (SSSR count). The first kappa shape index (κ1) is 18.0. The summed E-state index contributed by atoms with van der Waals surface area (Å²) in [6, 6.07) is 11.0. The summed E-state index contributed by atoms with van der Waals surface area (Å²) < 4.78 is 0. The van der Waals surface area contributed by atoms with Gasteiger partial charge >= 0.3 is 0 Å². The highest BCUT2D eigenvalue weighted by Gasteiger charge is 2.48. The number of carbonyl (C=O) groups excluding carboxylic acids is 1. The van der Waals surface area contributed by atoms with E-state index < -0.39 is 0 Å². The first-order valence-electron chi connectivity index (χ1n) is 10.5. The predicted molar refractivity (Wildman–Crippen MR) is 106 cm³/mol. The number of rotatable bonds is 5. The Kier molecular flexibility index (Phi) is 4.85. The van der Waals surface area contributed by atoms with Gasteiger partial charge in [0.25, 0.3) is 0 Å². The average Bonchev–Trinajstić information content (AvgIpc) is 3.41. The van der Waals surface area contributed by atoms with Gasteiger partial charge in [-0.1, -0.05) is 43.2 Å². The Morgan fingerprint density at radius 1 is 1.08 bits per heavy atom. The van der Waals surface area contributed by atoms with Crippen molar-refractivity contribution >= 4 is 5.91 Å². The highest BCUT2D eigenvalue weighted by atomic mass is 16.2. The van der Waals surface area contributed by atoms with Gasteiger partial charge in [0.1, 0.15) is 0 Å². The topological polar surface area (TPSA) is 23.6 Å². The van der Waals surface area contributed by atoms with Crippen LogP contribution in [0.2, 0.25) is 0 Å². The molecule has 26 heavy (non-hydrogen) atoms. The molecule has 1 aromatic carbocycles. The molecule has 2 aliphatic carbocycles. The zero-order valence-electron chi connectivity index (χ0n) is 16.5. The maximum Gasteiger partial charge on any atom is 0.222 e. The highest BCUT2D eigenvalue weighted by Crippen LogP contribution is 2.51. The van der Waals surface area contributed by atoms with Crippen molar-refractivity contribution in [2.45, 2.75) is 63.3 Å². The Labute approximate surface area is 158 Å². The van der Waals surface area contributed by atoms with Crippen molar-refractivity contribution in [3.8, 4) is 0 Å². The highest BCUT2D eigenvalue weighted by molar-refractivity contribution is 5.76. The van der Waals surface area contributed by atoms with Crippen LogP contribution < -0.4 is 0 Å². The van der Waals surface area contributed by atoms with Gasteiger partial charge in [-0.2, -0.15) is 0 Å². The predicted octanol–water partition coefficient (Wildman–Crippen LogP) is 4.43. The van der Waals surface area contributed by atoms with Gasteiger partial charge in [0.15, 0.2) is 0 Å². The van der Waals surface area contributed by atoms with E-state index in [1.807, 2.05) is 0 Å². The van der Waals surface area contributed by atoms with Gasteiger partial charge in [0.05, 0.1) is 0 Å². The minimum atomic E-state index is 0.163. The van der Waals surface area contributed by atoms with Crippen LogP contribution >= 0.6 is 0 Å². The molecule has 1 aliphatic heterocycles. The zero-order chi connectivity index (χ0) is 18.2. The fourth-order valence-electron chi connectivity index (χ4n) is 5.38. The lowest BCUT2D eigenvalue weighted by Gasteiger charge is -2.49. The van der Waals surface area contributed by atoms with E-state index in [2.05, 4.69) is 54.2 Å². The summed E-state index contributed by atoms with van der Waals surface area (Å²) in [6.07, 6.45) is 10.7. The third-order valence-corrected chi connectivity index (χ3v) is 7.56. The lowest BCUT2D eigenvalue weighted by atomic mass is 9.64. The van der Waals surface area contributed by atoms with E-state index in [1.165, 1.54) is 50.5 Å². The maximum absolute atomic E-state index is 12.6. The van der Waals surface area contributed by atoms with Crippen molar-refractivity contribution < 1.29 is 4.79 Å². The average molecular weight is 355 g/mol. The van der Waals surface area contributed by atoms with Crippen LogP contribution in [0, 0.1) is 11.3 Å². The number of nitrogens with zero attached hydrogens (tertiary/aromatic N) is 2. The molecule has 3 fully saturated rings. The molecule has 3 nitrogen and oxygen atoms in total. The first-order valence-corrected chi connectivity index (χ1v) is 10.5. The number of carbonyl (C=O) groups is 1. The van der Waals surface area contributed by atoms with Crippen LogP contribution in [0.15, 0.2) is 30.3 Å². The molecular formula is C23H34N2O. The van der Waals surface area contributed by atoms with Crippen LogP contribution in [0.3, 0.4) is 0 Å². The van der Waals surface area contributed by atoms with E-state index in [-0.39, 0.29) is 5.54 Å². The van der Waals surface area contributed by atoms with Gasteiger partial charge in [0, 0.05) is 25.0 Å². The number of hydrogen-bond donors (Lipinski definition) is 0. The monoisotopic (exact) mass is 354 g/mol. The second-order valence-electron chi connectivity index (χ2n) is 9.34. The van der Waals surface area contributed by atoms with Gasteiger partial charge in [-0.25, -0.2) is 0 Å². The summed E-state index contributed by atoms with van der Waals surface area (Å²) in [5.41, 5.74) is 2.00. The van der Waals surface area contributed by atoms with Crippen LogP contribution in [0.5, 0.6) is 0 Å². The summed E-state index contributed by atoms with van der Waals surface area (Å²) in [7, 11) is 4.46. The fourth-order valence-corrected chi connectivity index (χ4v) is 5.38. The normalized spacial score (nSPS) is 31.7. The smallest absolute Gasteiger partial charge is 0.222 e. The summed E-state index contributed by atoms with van der Waals surface area (Å²) in [4.78, 5) is 17.2. The van der Waals surface area contributed by atoms with Crippen LogP contribution in [0.4, 0.5) is 0 Å². The summed E-state index contributed by atoms with van der Waals surface area (Å²) in [6.45, 7) is 2.00. The van der Waals surface area contributed by atoms with E-state index in [1.54, 1.807) is 0 Å². The molecule has 3 aliphatic rings. The molecule has 1 heterocycles. The molecule has 2 saturated carbocycles. The third-order valence-electron chi connectivity index (χ3n) is 7.56. The molecular weight excluding hydrogens is 320 g/mol. The van der Waals surface area contributed by atoms with Gasteiger partial charge in [0.2, 0.25) is 5.91 Å². The SMILES string of the molecule is CN(C)C1(c2ccccc2)CCC2(CCN(C(=O)CCC3CC3)C2)CC1. The Hall–Kier alpha value is -1.35. The summed E-state index contributed by atoms with van der Waals surface area (Å²) >= 11 is 0. The molecule has 142 valence electrons. The maximum atomic E-state index is 12.6. The minimum absolute atomic E-state index is 0.163. The quantitative estimate of drug-likeness (QED) is 0.781. The van der Waals surface area contributed by atoms with E-state index in [9.17, 15) is 4.79 Å².